The molecule has 1 fully saturated rings. The van der Waals surface area contributed by atoms with Crippen LogP contribution in [-0.2, 0) is 22.5 Å². The summed E-state index contributed by atoms with van der Waals surface area (Å²) in [5.41, 5.74) is 1.73. The van der Waals surface area contributed by atoms with Gasteiger partial charge >= 0.3 is 12.1 Å². The Morgan fingerprint density at radius 2 is 1.94 bits per heavy atom. The largest absolute Gasteiger partial charge is 0.481 e. The number of rotatable bonds is 4. The summed E-state index contributed by atoms with van der Waals surface area (Å²) in [4.78, 5) is 23.3. The molecule has 1 aromatic carbocycles. The Bertz CT molecular complexity index is 427. The number of cyclic esters (lactones) is 1. The summed E-state index contributed by atoms with van der Waals surface area (Å²) in [6.45, 7) is 1.55. The third-order valence-electron chi connectivity index (χ3n) is 2.60. The number of aliphatic carboxylic acids is 1. The molecule has 1 N–H and O–H groups in total. The van der Waals surface area contributed by atoms with Gasteiger partial charge in [-0.2, -0.15) is 0 Å². The van der Waals surface area contributed by atoms with Crippen LogP contribution in [0.25, 0.3) is 0 Å². The normalized spacial score (nSPS) is 14.8. The lowest BCUT2D eigenvalue weighted by Gasteiger charge is -2.12. The van der Waals surface area contributed by atoms with Crippen LogP contribution in [0, 0.1) is 0 Å². The van der Waals surface area contributed by atoms with Gasteiger partial charge in [0.2, 0.25) is 0 Å². The second-order valence-electron chi connectivity index (χ2n) is 3.92. The van der Waals surface area contributed by atoms with Crippen molar-refractivity contribution in [2.24, 2.45) is 0 Å². The van der Waals surface area contributed by atoms with Crippen LogP contribution in [-0.4, -0.2) is 35.2 Å². The van der Waals surface area contributed by atoms with Gasteiger partial charge in [0.25, 0.3) is 0 Å². The maximum absolute atomic E-state index is 11.2. The number of carboxylic acids is 1. The molecular formula is C12H13NO4. The Balaban J connectivity index is 1.98. The molecule has 1 aromatic rings. The van der Waals surface area contributed by atoms with Crippen molar-refractivity contribution >= 4 is 12.1 Å². The Kier molecular flexibility index (Phi) is 3.27. The van der Waals surface area contributed by atoms with E-state index in [0.29, 0.717) is 19.7 Å². The third kappa shape index (κ3) is 2.96. The second kappa shape index (κ2) is 4.86. The van der Waals surface area contributed by atoms with E-state index in [4.69, 9.17) is 9.84 Å². The van der Waals surface area contributed by atoms with Gasteiger partial charge in [0, 0.05) is 6.54 Å². The first kappa shape index (κ1) is 11.4. The molecule has 90 valence electrons. The van der Waals surface area contributed by atoms with Gasteiger partial charge in [0.1, 0.15) is 6.61 Å². The van der Waals surface area contributed by atoms with Crippen molar-refractivity contribution in [2.45, 2.75) is 13.0 Å². The van der Waals surface area contributed by atoms with E-state index in [1.807, 2.05) is 12.1 Å². The number of hydrogen-bond acceptors (Lipinski definition) is 3. The number of carbonyl (C=O) groups is 2. The smallest absolute Gasteiger partial charge is 0.410 e. The highest BCUT2D eigenvalue weighted by Gasteiger charge is 2.21. The SMILES string of the molecule is O=C(O)Cc1ccc(CN2CCOC2=O)cc1. The summed E-state index contributed by atoms with van der Waals surface area (Å²) in [6.07, 6.45) is -0.272. The van der Waals surface area contributed by atoms with Crippen LogP contribution < -0.4 is 0 Å². The molecule has 1 heterocycles. The highest BCUT2D eigenvalue weighted by Crippen LogP contribution is 2.11. The van der Waals surface area contributed by atoms with Crippen LogP contribution in [0.2, 0.25) is 0 Å². The molecule has 0 atom stereocenters. The molecule has 0 saturated carbocycles. The van der Waals surface area contributed by atoms with E-state index in [9.17, 15) is 9.59 Å². The van der Waals surface area contributed by atoms with Crippen molar-refractivity contribution in [3.05, 3.63) is 35.4 Å². The molecule has 0 aromatic heterocycles. The molecule has 0 aliphatic carbocycles. The Labute approximate surface area is 98.6 Å². The van der Waals surface area contributed by atoms with Crippen LogP contribution in [0.1, 0.15) is 11.1 Å². The number of carboxylic acid groups (broad SMARTS) is 1. The van der Waals surface area contributed by atoms with Gasteiger partial charge in [-0.1, -0.05) is 24.3 Å². The average Bonchev–Trinajstić information content (AvgIpc) is 2.67. The summed E-state index contributed by atoms with van der Waals surface area (Å²) >= 11 is 0. The number of hydrogen-bond donors (Lipinski definition) is 1. The summed E-state index contributed by atoms with van der Waals surface area (Å²) in [6, 6.07) is 7.21. The molecule has 1 aliphatic rings. The zero-order chi connectivity index (χ0) is 12.3. The highest BCUT2D eigenvalue weighted by molar-refractivity contribution is 5.70. The number of ether oxygens (including phenoxy) is 1. The number of benzene rings is 1. The van der Waals surface area contributed by atoms with Crippen LogP contribution >= 0.6 is 0 Å². The lowest BCUT2D eigenvalue weighted by molar-refractivity contribution is -0.136. The first-order chi connectivity index (χ1) is 8.15. The van der Waals surface area contributed by atoms with Gasteiger partial charge in [0.05, 0.1) is 13.0 Å². The maximum atomic E-state index is 11.2. The van der Waals surface area contributed by atoms with E-state index >= 15 is 0 Å². The molecule has 17 heavy (non-hydrogen) atoms. The van der Waals surface area contributed by atoms with Crippen molar-refractivity contribution in [1.29, 1.82) is 0 Å². The van der Waals surface area contributed by atoms with E-state index in [1.54, 1.807) is 17.0 Å². The maximum Gasteiger partial charge on any atom is 0.410 e. The van der Waals surface area contributed by atoms with E-state index in [1.165, 1.54) is 0 Å². The van der Waals surface area contributed by atoms with Crippen molar-refractivity contribution in [3.8, 4) is 0 Å². The van der Waals surface area contributed by atoms with E-state index in [0.717, 1.165) is 11.1 Å². The van der Waals surface area contributed by atoms with Crippen molar-refractivity contribution in [2.75, 3.05) is 13.2 Å². The van der Waals surface area contributed by atoms with E-state index < -0.39 is 5.97 Å². The van der Waals surface area contributed by atoms with Crippen LogP contribution in [0.5, 0.6) is 0 Å². The van der Waals surface area contributed by atoms with Gasteiger partial charge in [-0.3, -0.25) is 4.79 Å². The highest BCUT2D eigenvalue weighted by atomic mass is 16.6. The predicted molar refractivity (Wildman–Crippen MR) is 59.5 cm³/mol. The standard InChI is InChI=1S/C12H13NO4/c14-11(15)7-9-1-3-10(4-2-9)8-13-5-6-17-12(13)16/h1-4H,5-8H2,(H,14,15). The molecule has 0 spiro atoms. The lowest BCUT2D eigenvalue weighted by Crippen LogP contribution is -2.23. The lowest BCUT2D eigenvalue weighted by atomic mass is 10.1. The molecule has 1 saturated heterocycles. The van der Waals surface area contributed by atoms with Gasteiger partial charge in [0.15, 0.2) is 0 Å². The summed E-state index contributed by atoms with van der Waals surface area (Å²) < 4.78 is 4.82. The third-order valence-corrected chi connectivity index (χ3v) is 2.60. The van der Waals surface area contributed by atoms with Crippen molar-refractivity contribution in [1.82, 2.24) is 4.90 Å². The predicted octanol–water partition coefficient (Wildman–Crippen LogP) is 1.27. The van der Waals surface area contributed by atoms with E-state index in [-0.39, 0.29) is 12.5 Å². The average molecular weight is 235 g/mol. The Morgan fingerprint density at radius 3 is 2.47 bits per heavy atom. The first-order valence-electron chi connectivity index (χ1n) is 5.36. The monoisotopic (exact) mass is 235 g/mol. The molecule has 1 amide bonds. The molecule has 0 radical (unpaired) electrons. The molecule has 5 heteroatoms. The molecule has 0 bridgehead atoms. The quantitative estimate of drug-likeness (QED) is 0.853. The minimum atomic E-state index is -0.846. The van der Waals surface area contributed by atoms with Crippen LogP contribution in [0.3, 0.4) is 0 Å². The molecule has 0 unspecified atom stereocenters. The molecule has 1 aliphatic heterocycles. The van der Waals surface area contributed by atoms with Gasteiger partial charge in [-0.25, -0.2) is 4.79 Å². The van der Waals surface area contributed by atoms with Gasteiger partial charge in [-0.15, -0.1) is 0 Å². The first-order valence-corrected chi connectivity index (χ1v) is 5.36. The number of nitrogens with zero attached hydrogens (tertiary/aromatic N) is 1. The van der Waals surface area contributed by atoms with Crippen molar-refractivity contribution < 1.29 is 19.4 Å². The topological polar surface area (TPSA) is 66.8 Å². The molecule has 2 rings (SSSR count). The molecular weight excluding hydrogens is 222 g/mol. The summed E-state index contributed by atoms with van der Waals surface area (Å²) in [7, 11) is 0. The zero-order valence-electron chi connectivity index (χ0n) is 9.26. The van der Waals surface area contributed by atoms with Crippen LogP contribution in [0.15, 0.2) is 24.3 Å². The van der Waals surface area contributed by atoms with E-state index in [2.05, 4.69) is 0 Å². The van der Waals surface area contributed by atoms with Crippen molar-refractivity contribution in [3.63, 3.8) is 0 Å². The fourth-order valence-electron chi connectivity index (χ4n) is 1.73. The molecule has 5 nitrogen and oxygen atoms in total. The number of amides is 1. The minimum Gasteiger partial charge on any atom is -0.481 e. The Hall–Kier alpha value is -2.04. The van der Waals surface area contributed by atoms with Gasteiger partial charge < -0.3 is 14.7 Å². The summed E-state index contributed by atoms with van der Waals surface area (Å²) in [5.74, 6) is -0.846. The summed E-state index contributed by atoms with van der Waals surface area (Å²) in [5, 5.41) is 8.63. The van der Waals surface area contributed by atoms with Crippen LogP contribution in [0.4, 0.5) is 4.79 Å². The second-order valence-corrected chi connectivity index (χ2v) is 3.92. The fraction of sp³-hybridized carbons (Fsp3) is 0.333. The minimum absolute atomic E-state index is 0.0199. The fourth-order valence-corrected chi connectivity index (χ4v) is 1.73. The Morgan fingerprint density at radius 1 is 1.29 bits per heavy atom. The van der Waals surface area contributed by atoms with Gasteiger partial charge in [-0.05, 0) is 11.1 Å². The number of carbonyl (C=O) groups excluding carboxylic acids is 1. The zero-order valence-corrected chi connectivity index (χ0v) is 9.26.